The Hall–Kier alpha value is -1.42. The molecule has 0 heterocycles. The third-order valence-electron chi connectivity index (χ3n) is 1.82. The number of benzene rings is 1. The van der Waals surface area contributed by atoms with Crippen LogP contribution in [0.4, 0.5) is 5.69 Å². The van der Waals surface area contributed by atoms with Crippen molar-refractivity contribution in [1.82, 2.24) is 0 Å². The van der Waals surface area contributed by atoms with E-state index in [1.54, 1.807) is 6.92 Å². The maximum Gasteiger partial charge on any atom is 0.310 e. The molecule has 0 fully saturated rings. The zero-order valence-electron chi connectivity index (χ0n) is 8.29. The van der Waals surface area contributed by atoms with Crippen LogP contribution >= 0.6 is 11.6 Å². The van der Waals surface area contributed by atoms with Crippen LogP contribution in [0.2, 0.25) is 5.02 Å². The minimum Gasteiger partial charge on any atom is -0.505 e. The zero-order chi connectivity index (χ0) is 11.4. The number of nitrogens with two attached hydrogens (primary N) is 1. The molecule has 0 aliphatic heterocycles. The monoisotopic (exact) mass is 229 g/mol. The van der Waals surface area contributed by atoms with Crippen molar-refractivity contribution >= 4 is 23.3 Å². The Bertz CT molecular complexity index is 379. The normalized spacial score (nSPS) is 10.0. The Morgan fingerprint density at radius 2 is 2.27 bits per heavy atom. The number of halogens is 1. The predicted molar refractivity (Wildman–Crippen MR) is 57.9 cm³/mol. The Labute approximate surface area is 92.6 Å². The quantitative estimate of drug-likeness (QED) is 0.470. The molecule has 0 spiro atoms. The molecule has 0 saturated carbocycles. The van der Waals surface area contributed by atoms with Crippen molar-refractivity contribution in [3.63, 3.8) is 0 Å². The molecule has 0 amide bonds. The molecule has 0 aliphatic carbocycles. The van der Waals surface area contributed by atoms with Crippen LogP contribution in [0.5, 0.6) is 5.75 Å². The van der Waals surface area contributed by atoms with E-state index in [4.69, 9.17) is 22.1 Å². The molecule has 3 N–H and O–H groups in total. The molecule has 0 aromatic heterocycles. The summed E-state index contributed by atoms with van der Waals surface area (Å²) < 4.78 is 4.75. The number of phenols is 1. The van der Waals surface area contributed by atoms with Gasteiger partial charge in [-0.1, -0.05) is 11.6 Å². The lowest BCUT2D eigenvalue weighted by Gasteiger charge is -2.07. The number of anilines is 1. The first kappa shape index (κ1) is 11.7. The molecular weight excluding hydrogens is 218 g/mol. The second-order valence-electron chi connectivity index (χ2n) is 2.98. The number of phenolic OH excluding ortho intramolecular Hbond substituents is 1. The number of ether oxygens (including phenoxy) is 1. The van der Waals surface area contributed by atoms with Crippen molar-refractivity contribution in [2.75, 3.05) is 12.3 Å². The van der Waals surface area contributed by atoms with Gasteiger partial charge in [-0.05, 0) is 19.1 Å². The molecule has 1 aromatic carbocycles. The number of nitrogen functional groups attached to an aromatic ring is 1. The third kappa shape index (κ3) is 3.02. The van der Waals surface area contributed by atoms with Crippen molar-refractivity contribution in [2.24, 2.45) is 0 Å². The van der Waals surface area contributed by atoms with Gasteiger partial charge in [-0.3, -0.25) is 4.79 Å². The molecule has 15 heavy (non-hydrogen) atoms. The summed E-state index contributed by atoms with van der Waals surface area (Å²) in [6.07, 6.45) is -0.0373. The number of hydrogen-bond acceptors (Lipinski definition) is 4. The number of rotatable bonds is 3. The maximum absolute atomic E-state index is 11.2. The fourth-order valence-corrected chi connectivity index (χ4v) is 1.43. The van der Waals surface area contributed by atoms with Crippen LogP contribution in [-0.2, 0) is 16.0 Å². The van der Waals surface area contributed by atoms with Gasteiger partial charge in [0.1, 0.15) is 5.75 Å². The summed E-state index contributed by atoms with van der Waals surface area (Å²) in [6, 6.07) is 2.91. The van der Waals surface area contributed by atoms with E-state index in [1.165, 1.54) is 12.1 Å². The van der Waals surface area contributed by atoms with Crippen molar-refractivity contribution in [1.29, 1.82) is 0 Å². The standard InChI is InChI=1S/C10H12ClNO3/c1-2-15-9(13)4-6-3-7(11)5-8(12)10(6)14/h3,5,14H,2,4,12H2,1H3. The fourth-order valence-electron chi connectivity index (χ4n) is 1.18. The van der Waals surface area contributed by atoms with E-state index in [0.29, 0.717) is 17.2 Å². The summed E-state index contributed by atoms with van der Waals surface area (Å²) in [5, 5.41) is 9.93. The van der Waals surface area contributed by atoms with Crippen LogP contribution in [0.3, 0.4) is 0 Å². The fraction of sp³-hybridized carbons (Fsp3) is 0.300. The zero-order valence-corrected chi connectivity index (χ0v) is 9.04. The Balaban J connectivity index is 2.89. The second kappa shape index (κ2) is 4.89. The first-order valence-electron chi connectivity index (χ1n) is 4.47. The topological polar surface area (TPSA) is 72.5 Å². The number of esters is 1. The van der Waals surface area contributed by atoms with Crippen LogP contribution in [0.15, 0.2) is 12.1 Å². The number of carbonyl (C=O) groups is 1. The van der Waals surface area contributed by atoms with E-state index in [2.05, 4.69) is 0 Å². The molecule has 4 nitrogen and oxygen atoms in total. The van der Waals surface area contributed by atoms with Crippen LogP contribution in [0.1, 0.15) is 12.5 Å². The van der Waals surface area contributed by atoms with Crippen molar-refractivity contribution in [2.45, 2.75) is 13.3 Å². The number of hydrogen-bond donors (Lipinski definition) is 2. The van der Waals surface area contributed by atoms with E-state index in [9.17, 15) is 9.90 Å². The molecule has 1 rings (SSSR count). The van der Waals surface area contributed by atoms with Gasteiger partial charge in [-0.25, -0.2) is 0 Å². The highest BCUT2D eigenvalue weighted by Gasteiger charge is 2.11. The van der Waals surface area contributed by atoms with Crippen LogP contribution in [0, 0.1) is 0 Å². The lowest BCUT2D eigenvalue weighted by molar-refractivity contribution is -0.142. The van der Waals surface area contributed by atoms with Crippen LogP contribution < -0.4 is 5.73 Å². The first-order valence-corrected chi connectivity index (χ1v) is 4.85. The van der Waals surface area contributed by atoms with Gasteiger partial charge in [0, 0.05) is 10.6 Å². The smallest absolute Gasteiger partial charge is 0.310 e. The first-order chi connectivity index (χ1) is 7.04. The molecule has 5 heteroatoms. The molecule has 0 atom stereocenters. The summed E-state index contributed by atoms with van der Waals surface area (Å²) in [6.45, 7) is 2.01. The SMILES string of the molecule is CCOC(=O)Cc1cc(Cl)cc(N)c1O. The Kier molecular flexibility index (Phi) is 3.80. The average Bonchev–Trinajstić information content (AvgIpc) is 2.13. The molecule has 1 aromatic rings. The molecule has 0 radical (unpaired) electrons. The Morgan fingerprint density at radius 1 is 1.60 bits per heavy atom. The summed E-state index contributed by atoms with van der Waals surface area (Å²) in [5.74, 6) is -0.540. The van der Waals surface area contributed by atoms with Crippen LogP contribution in [0.25, 0.3) is 0 Å². The average molecular weight is 230 g/mol. The minimum atomic E-state index is -0.422. The third-order valence-corrected chi connectivity index (χ3v) is 2.04. The number of carbonyl (C=O) groups excluding carboxylic acids is 1. The van der Waals surface area contributed by atoms with E-state index in [-0.39, 0.29) is 17.9 Å². The van der Waals surface area contributed by atoms with Gasteiger partial charge in [0.05, 0.1) is 18.7 Å². The van der Waals surface area contributed by atoms with E-state index >= 15 is 0 Å². The highest BCUT2D eigenvalue weighted by atomic mass is 35.5. The van der Waals surface area contributed by atoms with Gasteiger partial charge in [0.25, 0.3) is 0 Å². The second-order valence-corrected chi connectivity index (χ2v) is 3.42. The lowest BCUT2D eigenvalue weighted by Crippen LogP contribution is -2.08. The van der Waals surface area contributed by atoms with Gasteiger partial charge in [0.2, 0.25) is 0 Å². The minimum absolute atomic E-state index is 0.0373. The van der Waals surface area contributed by atoms with Crippen LogP contribution in [-0.4, -0.2) is 17.7 Å². The molecule has 0 aliphatic rings. The van der Waals surface area contributed by atoms with E-state index in [1.807, 2.05) is 0 Å². The van der Waals surface area contributed by atoms with Gasteiger partial charge in [-0.15, -0.1) is 0 Å². The molecule has 82 valence electrons. The highest BCUT2D eigenvalue weighted by Crippen LogP contribution is 2.29. The largest absolute Gasteiger partial charge is 0.505 e. The predicted octanol–water partition coefficient (Wildman–Crippen LogP) is 1.73. The summed E-state index contributed by atoms with van der Waals surface area (Å²) in [5.41, 5.74) is 6.01. The molecule has 0 bridgehead atoms. The maximum atomic E-state index is 11.2. The highest BCUT2D eigenvalue weighted by molar-refractivity contribution is 6.31. The van der Waals surface area contributed by atoms with Gasteiger partial charge < -0.3 is 15.6 Å². The molecule has 0 saturated heterocycles. The summed E-state index contributed by atoms with van der Waals surface area (Å²) >= 11 is 5.74. The van der Waals surface area contributed by atoms with E-state index in [0.717, 1.165) is 0 Å². The van der Waals surface area contributed by atoms with Crippen molar-refractivity contribution < 1.29 is 14.6 Å². The van der Waals surface area contributed by atoms with E-state index < -0.39 is 5.97 Å². The van der Waals surface area contributed by atoms with Gasteiger partial charge >= 0.3 is 5.97 Å². The van der Waals surface area contributed by atoms with Crippen molar-refractivity contribution in [3.8, 4) is 5.75 Å². The summed E-state index contributed by atoms with van der Waals surface area (Å²) in [4.78, 5) is 11.2. The van der Waals surface area contributed by atoms with Gasteiger partial charge in [0.15, 0.2) is 0 Å². The summed E-state index contributed by atoms with van der Waals surface area (Å²) in [7, 11) is 0. The number of aromatic hydroxyl groups is 1. The molecule has 0 unspecified atom stereocenters. The molecular formula is C10H12ClNO3. The van der Waals surface area contributed by atoms with Crippen molar-refractivity contribution in [3.05, 3.63) is 22.7 Å². The van der Waals surface area contributed by atoms with Gasteiger partial charge in [-0.2, -0.15) is 0 Å². The Morgan fingerprint density at radius 3 is 2.87 bits per heavy atom. The lowest BCUT2D eigenvalue weighted by atomic mass is 10.1.